The maximum Gasteiger partial charge on any atom is 0.0811 e. The first kappa shape index (κ1) is 43.4. The molecule has 8 saturated carbocycles. The van der Waals surface area contributed by atoms with Crippen molar-refractivity contribution in [2.24, 2.45) is 58.2 Å². The predicted molar refractivity (Wildman–Crippen MR) is 240 cm³/mol. The fourth-order valence-electron chi connectivity index (χ4n) is 13.3. The normalized spacial score (nSPS) is 42.9. The standard InChI is InChI=1S/C54H78O5/c1-33(43-29-48-38(9-7-25-53(48,5)32-43)14-20-42-28-45(56)31-50(58)36(42)4)11-23-51(39-15-16-39)59-52(40-17-18-40)24-12-34(2)46-21-22-47-37(10-8-26-54(46,47)6)13-19-41-27-44(55)30-49(57)35(41)3/h11-14,19-20,23-24,33-34,39-40,43-52,55-58H,3-4,7-10,15-18,21-22,25-32H2,1-2,5-6H3/b23-11+,24-12+,37-13?,38-14+,41-19-,42-20?/t33-,34-,43+,44-,45-,46-,47+,48+,49+,50+,51+,52-,53-,54-/m1/s1. The highest BCUT2D eigenvalue weighted by atomic mass is 16.5. The Hall–Kier alpha value is -2.28. The van der Waals surface area contributed by atoms with Crippen LogP contribution in [0, 0.1) is 58.2 Å². The lowest BCUT2D eigenvalue weighted by Crippen LogP contribution is -2.35. The number of hydrogen-bond donors (Lipinski definition) is 4. The van der Waals surface area contributed by atoms with Crippen molar-refractivity contribution in [2.45, 2.75) is 180 Å². The minimum atomic E-state index is -0.638. The van der Waals surface area contributed by atoms with Gasteiger partial charge in [0.25, 0.3) is 0 Å². The molecule has 0 saturated heterocycles. The van der Waals surface area contributed by atoms with Gasteiger partial charge in [-0.1, -0.05) is 101 Å². The highest BCUT2D eigenvalue weighted by Crippen LogP contribution is 2.60. The van der Waals surface area contributed by atoms with E-state index in [1.165, 1.54) is 77.0 Å². The summed E-state index contributed by atoms with van der Waals surface area (Å²) in [7, 11) is 0. The molecule has 4 N–H and O–H groups in total. The van der Waals surface area contributed by atoms with Crippen molar-refractivity contribution in [1.29, 1.82) is 0 Å². The minimum absolute atomic E-state index is 0.202. The van der Waals surface area contributed by atoms with E-state index in [2.05, 4.69) is 89.5 Å². The molecule has 324 valence electrons. The summed E-state index contributed by atoms with van der Waals surface area (Å²) < 4.78 is 7.14. The monoisotopic (exact) mass is 807 g/mol. The lowest BCUT2D eigenvalue weighted by atomic mass is 9.61. The lowest BCUT2D eigenvalue weighted by Gasteiger charge is -2.44. The molecule has 14 atom stereocenters. The fourth-order valence-corrected chi connectivity index (χ4v) is 13.3. The van der Waals surface area contributed by atoms with Crippen molar-refractivity contribution < 1.29 is 25.2 Å². The van der Waals surface area contributed by atoms with Crippen LogP contribution >= 0.6 is 0 Å². The molecule has 0 aliphatic heterocycles. The molecule has 5 heteroatoms. The van der Waals surface area contributed by atoms with Crippen LogP contribution in [0.3, 0.4) is 0 Å². The summed E-state index contributed by atoms with van der Waals surface area (Å²) in [6.45, 7) is 18.3. The Balaban J connectivity index is 0.897. The van der Waals surface area contributed by atoms with E-state index in [1.807, 2.05) is 0 Å². The molecule has 0 aromatic carbocycles. The fraction of sp³-hybridized carbons (Fsp3) is 0.704. The zero-order valence-electron chi connectivity index (χ0n) is 37.0. The molecule has 5 nitrogen and oxygen atoms in total. The Kier molecular flexibility index (Phi) is 13.1. The molecular weight excluding hydrogens is 729 g/mol. The Morgan fingerprint density at radius 1 is 0.610 bits per heavy atom. The molecule has 0 aromatic heterocycles. The third-order valence-corrected chi connectivity index (χ3v) is 17.4. The molecule has 8 aliphatic carbocycles. The first-order chi connectivity index (χ1) is 28.2. The smallest absolute Gasteiger partial charge is 0.0811 e. The van der Waals surface area contributed by atoms with Gasteiger partial charge in [0.2, 0.25) is 0 Å². The predicted octanol–water partition coefficient (Wildman–Crippen LogP) is 11.2. The Bertz CT molecular complexity index is 1750. The minimum Gasteiger partial charge on any atom is -0.393 e. The van der Waals surface area contributed by atoms with E-state index in [-0.39, 0.29) is 12.2 Å². The zero-order valence-corrected chi connectivity index (χ0v) is 37.0. The van der Waals surface area contributed by atoms with Gasteiger partial charge in [-0.25, -0.2) is 0 Å². The number of ether oxygens (including phenoxy) is 1. The molecule has 8 rings (SSSR count). The molecule has 0 spiro atoms. The topological polar surface area (TPSA) is 90.2 Å². The van der Waals surface area contributed by atoms with Gasteiger partial charge >= 0.3 is 0 Å². The van der Waals surface area contributed by atoms with E-state index in [0.717, 1.165) is 35.1 Å². The van der Waals surface area contributed by atoms with Gasteiger partial charge in [-0.3, -0.25) is 0 Å². The second kappa shape index (κ2) is 17.8. The quantitative estimate of drug-likeness (QED) is 0.148. The van der Waals surface area contributed by atoms with Gasteiger partial charge in [0.05, 0.1) is 36.6 Å². The first-order valence-electron chi connectivity index (χ1n) is 24.1. The van der Waals surface area contributed by atoms with Gasteiger partial charge in [-0.05, 0) is 183 Å². The Morgan fingerprint density at radius 2 is 1.14 bits per heavy atom. The van der Waals surface area contributed by atoms with Crippen LogP contribution in [0.15, 0.2) is 95.2 Å². The van der Waals surface area contributed by atoms with Gasteiger partial charge in [0.15, 0.2) is 0 Å². The average Bonchev–Trinajstić information content (AvgIpc) is 4.14. The summed E-state index contributed by atoms with van der Waals surface area (Å²) in [5, 5.41) is 41.4. The van der Waals surface area contributed by atoms with Gasteiger partial charge in [0.1, 0.15) is 0 Å². The maximum atomic E-state index is 10.4. The van der Waals surface area contributed by atoms with E-state index >= 15 is 0 Å². The molecule has 59 heavy (non-hydrogen) atoms. The van der Waals surface area contributed by atoms with Crippen LogP contribution in [0.5, 0.6) is 0 Å². The molecule has 8 fully saturated rings. The highest BCUT2D eigenvalue weighted by Gasteiger charge is 2.51. The SMILES string of the molecule is C=C1C(=C/C=C2\CCC[C@]3(C)C[C@@H]([C@H](C)/C=C/[C@H](O[C@H](/C=C/[C@@H](C)[C@H]4CC[C@H]5C(=C/C=C6/C[C@@H](O)C[C@H](O)C6=C)CCC[C@]45C)C4CC4)C4CC4)C[C@@H]23)C[C@@H](O)C[C@@H]1O. The number of aliphatic hydroxyl groups is 4. The van der Waals surface area contributed by atoms with Crippen molar-refractivity contribution in [3.8, 4) is 0 Å². The van der Waals surface area contributed by atoms with Crippen LogP contribution in [-0.4, -0.2) is 57.0 Å². The summed E-state index contributed by atoms with van der Waals surface area (Å²) in [6.07, 6.45) is 36.7. The van der Waals surface area contributed by atoms with Crippen LogP contribution in [-0.2, 0) is 4.74 Å². The molecule has 0 heterocycles. The average molecular weight is 807 g/mol. The lowest BCUT2D eigenvalue weighted by molar-refractivity contribution is 0.0167. The summed E-state index contributed by atoms with van der Waals surface area (Å²) >= 11 is 0. The summed E-state index contributed by atoms with van der Waals surface area (Å²) in [6, 6.07) is 0. The van der Waals surface area contributed by atoms with Gasteiger partial charge in [-0.15, -0.1) is 0 Å². The van der Waals surface area contributed by atoms with E-state index < -0.39 is 24.4 Å². The highest BCUT2D eigenvalue weighted by molar-refractivity contribution is 5.40. The largest absolute Gasteiger partial charge is 0.393 e. The van der Waals surface area contributed by atoms with Crippen LogP contribution in [0.2, 0.25) is 0 Å². The van der Waals surface area contributed by atoms with Gasteiger partial charge < -0.3 is 25.2 Å². The van der Waals surface area contributed by atoms with E-state index in [4.69, 9.17) is 4.74 Å². The zero-order chi connectivity index (χ0) is 41.6. The molecule has 0 amide bonds. The third-order valence-electron chi connectivity index (χ3n) is 17.4. The second-order valence-electron chi connectivity index (χ2n) is 21.7. The van der Waals surface area contributed by atoms with Crippen molar-refractivity contribution >= 4 is 0 Å². The first-order valence-corrected chi connectivity index (χ1v) is 24.1. The molecule has 0 radical (unpaired) electrons. The van der Waals surface area contributed by atoms with Gasteiger partial charge in [-0.2, -0.15) is 0 Å². The number of hydrogen-bond acceptors (Lipinski definition) is 5. The number of allylic oxidation sites excluding steroid dienone is 8. The number of fused-ring (bicyclic) bond motifs is 2. The molecule has 0 unspecified atom stereocenters. The summed E-state index contributed by atoms with van der Waals surface area (Å²) in [4.78, 5) is 0. The van der Waals surface area contributed by atoms with Crippen molar-refractivity contribution in [2.75, 3.05) is 0 Å². The molecular formula is C54H78O5. The van der Waals surface area contributed by atoms with Crippen LogP contribution < -0.4 is 0 Å². The van der Waals surface area contributed by atoms with Crippen molar-refractivity contribution in [3.05, 3.63) is 95.2 Å². The van der Waals surface area contributed by atoms with Gasteiger partial charge in [0, 0.05) is 12.8 Å². The second-order valence-corrected chi connectivity index (χ2v) is 21.7. The molecule has 0 aromatic rings. The molecule has 0 bridgehead atoms. The summed E-state index contributed by atoms with van der Waals surface area (Å²) in [5.41, 5.74) is 7.33. The maximum absolute atomic E-state index is 10.4. The van der Waals surface area contributed by atoms with E-state index in [0.29, 0.717) is 83.9 Å². The van der Waals surface area contributed by atoms with Crippen molar-refractivity contribution in [3.63, 3.8) is 0 Å². The summed E-state index contributed by atoms with van der Waals surface area (Å²) in [5.74, 6) is 4.84. The number of aliphatic hydroxyl groups excluding tert-OH is 4. The van der Waals surface area contributed by atoms with Crippen LogP contribution in [0.4, 0.5) is 0 Å². The van der Waals surface area contributed by atoms with E-state index in [9.17, 15) is 20.4 Å². The molecule has 8 aliphatic rings. The number of rotatable bonds is 12. The third kappa shape index (κ3) is 9.56. The van der Waals surface area contributed by atoms with Crippen molar-refractivity contribution in [1.82, 2.24) is 0 Å². The Labute approximate surface area is 357 Å². The Morgan fingerprint density at radius 3 is 1.69 bits per heavy atom. The van der Waals surface area contributed by atoms with E-state index in [1.54, 1.807) is 11.1 Å². The van der Waals surface area contributed by atoms with Crippen LogP contribution in [0.1, 0.15) is 143 Å². The van der Waals surface area contributed by atoms with Crippen LogP contribution in [0.25, 0.3) is 0 Å².